The first-order chi connectivity index (χ1) is 9.01. The predicted molar refractivity (Wildman–Crippen MR) is 77.3 cm³/mol. The second kappa shape index (κ2) is 7.84. The number of hydrogen-bond donors (Lipinski definition) is 1. The van der Waals surface area contributed by atoms with Gasteiger partial charge in [0.2, 0.25) is 5.91 Å². The van der Waals surface area contributed by atoms with Crippen LogP contribution in [0.25, 0.3) is 0 Å². The summed E-state index contributed by atoms with van der Waals surface area (Å²) in [6.07, 6.45) is 0.395. The van der Waals surface area contributed by atoms with E-state index in [0.717, 1.165) is 10.6 Å². The Bertz CT molecular complexity index is 431. The summed E-state index contributed by atoms with van der Waals surface area (Å²) in [5, 5.41) is 2.87. The lowest BCUT2D eigenvalue weighted by Gasteiger charge is -2.11. The molecule has 1 aromatic rings. The smallest absolute Gasteiger partial charge is 0.306 e. The zero-order chi connectivity index (χ0) is 14.3. The number of hydrogen-bond acceptors (Lipinski definition) is 4. The molecule has 0 aromatic heterocycles. The van der Waals surface area contributed by atoms with E-state index < -0.39 is 0 Å². The van der Waals surface area contributed by atoms with Crippen LogP contribution in [-0.2, 0) is 14.3 Å². The third-order valence-corrected chi connectivity index (χ3v) is 3.38. The summed E-state index contributed by atoms with van der Waals surface area (Å²) >= 11 is 1.61. The molecule has 1 aromatic carbocycles. The van der Waals surface area contributed by atoms with E-state index in [1.807, 2.05) is 31.2 Å². The SMILES string of the molecule is CCOC(=O)CC(C)Sc1ccc(NC(C)=O)cc1. The lowest BCUT2D eigenvalue weighted by Crippen LogP contribution is -2.10. The van der Waals surface area contributed by atoms with Crippen LogP contribution in [0.5, 0.6) is 0 Å². The number of anilines is 1. The fourth-order valence-electron chi connectivity index (χ4n) is 1.55. The highest BCUT2D eigenvalue weighted by Gasteiger charge is 2.11. The first-order valence-electron chi connectivity index (χ1n) is 6.21. The Labute approximate surface area is 117 Å². The maximum Gasteiger partial charge on any atom is 0.306 e. The lowest BCUT2D eigenvalue weighted by molar-refractivity contribution is -0.143. The molecular formula is C14H19NO3S. The Morgan fingerprint density at radius 3 is 2.47 bits per heavy atom. The number of carbonyl (C=O) groups excluding carboxylic acids is 2. The maximum absolute atomic E-state index is 11.3. The van der Waals surface area contributed by atoms with Crippen LogP contribution >= 0.6 is 11.8 Å². The van der Waals surface area contributed by atoms with Gasteiger partial charge in [-0.3, -0.25) is 9.59 Å². The van der Waals surface area contributed by atoms with Crippen molar-refractivity contribution in [1.82, 2.24) is 0 Å². The predicted octanol–water partition coefficient (Wildman–Crippen LogP) is 3.08. The van der Waals surface area contributed by atoms with Gasteiger partial charge in [0.15, 0.2) is 0 Å². The topological polar surface area (TPSA) is 55.4 Å². The van der Waals surface area contributed by atoms with E-state index in [2.05, 4.69) is 5.32 Å². The van der Waals surface area contributed by atoms with Gasteiger partial charge in [-0.25, -0.2) is 0 Å². The zero-order valence-electron chi connectivity index (χ0n) is 11.4. The summed E-state index contributed by atoms with van der Waals surface area (Å²) in [6, 6.07) is 7.55. The number of esters is 1. The van der Waals surface area contributed by atoms with Crippen LogP contribution < -0.4 is 5.32 Å². The first-order valence-corrected chi connectivity index (χ1v) is 7.09. The van der Waals surface area contributed by atoms with E-state index in [9.17, 15) is 9.59 Å². The molecule has 0 saturated carbocycles. The Morgan fingerprint density at radius 2 is 1.95 bits per heavy atom. The monoisotopic (exact) mass is 281 g/mol. The van der Waals surface area contributed by atoms with Gasteiger partial charge < -0.3 is 10.1 Å². The third-order valence-electron chi connectivity index (χ3n) is 2.27. The second-order valence-electron chi connectivity index (χ2n) is 4.14. The number of benzene rings is 1. The molecule has 19 heavy (non-hydrogen) atoms. The van der Waals surface area contributed by atoms with Crippen molar-refractivity contribution in [3.8, 4) is 0 Å². The zero-order valence-corrected chi connectivity index (χ0v) is 12.3. The van der Waals surface area contributed by atoms with Crippen molar-refractivity contribution in [2.24, 2.45) is 0 Å². The van der Waals surface area contributed by atoms with Gasteiger partial charge in [0.1, 0.15) is 0 Å². The number of thioether (sulfide) groups is 1. The van der Waals surface area contributed by atoms with Crippen LogP contribution in [0.4, 0.5) is 5.69 Å². The van der Waals surface area contributed by atoms with Crippen molar-refractivity contribution in [1.29, 1.82) is 0 Å². The van der Waals surface area contributed by atoms with Gasteiger partial charge in [-0.1, -0.05) is 6.92 Å². The summed E-state index contributed by atoms with van der Waals surface area (Å²) < 4.78 is 4.91. The molecule has 1 rings (SSSR count). The third kappa shape index (κ3) is 6.29. The van der Waals surface area contributed by atoms with Gasteiger partial charge in [-0.05, 0) is 31.2 Å². The maximum atomic E-state index is 11.3. The largest absolute Gasteiger partial charge is 0.466 e. The highest BCUT2D eigenvalue weighted by molar-refractivity contribution is 8.00. The van der Waals surface area contributed by atoms with Gasteiger partial charge in [0.25, 0.3) is 0 Å². The molecule has 0 fully saturated rings. The molecule has 0 aliphatic heterocycles. The van der Waals surface area contributed by atoms with Crippen LogP contribution in [0.2, 0.25) is 0 Å². The summed E-state index contributed by atoms with van der Waals surface area (Å²) in [4.78, 5) is 23.3. The molecule has 0 spiro atoms. The molecule has 1 amide bonds. The molecule has 5 heteroatoms. The molecule has 1 atom stereocenters. The number of nitrogens with one attached hydrogen (secondary N) is 1. The molecule has 0 heterocycles. The summed E-state index contributed by atoms with van der Waals surface area (Å²) in [6.45, 7) is 5.69. The highest BCUT2D eigenvalue weighted by Crippen LogP contribution is 2.26. The van der Waals surface area contributed by atoms with Crippen molar-refractivity contribution in [2.75, 3.05) is 11.9 Å². The minimum absolute atomic E-state index is 0.0870. The Morgan fingerprint density at radius 1 is 1.32 bits per heavy atom. The van der Waals surface area contributed by atoms with Gasteiger partial charge in [-0.2, -0.15) is 0 Å². The van der Waals surface area contributed by atoms with E-state index in [4.69, 9.17) is 4.74 Å². The van der Waals surface area contributed by atoms with Gasteiger partial charge in [0, 0.05) is 22.8 Å². The molecule has 0 bridgehead atoms. The summed E-state index contributed by atoms with van der Waals surface area (Å²) in [5.41, 5.74) is 0.773. The molecule has 0 saturated heterocycles. The lowest BCUT2D eigenvalue weighted by atomic mass is 10.3. The van der Waals surface area contributed by atoms with Crippen LogP contribution in [-0.4, -0.2) is 23.7 Å². The highest BCUT2D eigenvalue weighted by atomic mass is 32.2. The molecule has 4 nitrogen and oxygen atoms in total. The average molecular weight is 281 g/mol. The first kappa shape index (κ1) is 15.6. The van der Waals surface area contributed by atoms with E-state index in [1.54, 1.807) is 18.7 Å². The normalized spacial score (nSPS) is 11.7. The molecule has 0 radical (unpaired) electrons. The Kier molecular flexibility index (Phi) is 6.42. The standard InChI is InChI=1S/C14H19NO3S/c1-4-18-14(17)9-10(2)19-13-7-5-12(6-8-13)15-11(3)16/h5-8,10H,4,9H2,1-3H3,(H,15,16). The van der Waals surface area contributed by atoms with Crippen molar-refractivity contribution in [2.45, 2.75) is 37.3 Å². The van der Waals surface area contributed by atoms with Crippen LogP contribution in [0.1, 0.15) is 27.2 Å². The van der Waals surface area contributed by atoms with Gasteiger partial charge >= 0.3 is 5.97 Å². The summed E-state index contributed by atoms with van der Waals surface area (Å²) in [5.74, 6) is -0.256. The minimum Gasteiger partial charge on any atom is -0.466 e. The van der Waals surface area contributed by atoms with Gasteiger partial charge in [-0.15, -0.1) is 11.8 Å². The molecule has 0 aliphatic rings. The average Bonchev–Trinajstić information content (AvgIpc) is 2.31. The number of carbonyl (C=O) groups is 2. The van der Waals surface area contributed by atoms with E-state index in [1.165, 1.54) is 6.92 Å². The van der Waals surface area contributed by atoms with E-state index in [-0.39, 0.29) is 17.1 Å². The second-order valence-corrected chi connectivity index (χ2v) is 5.66. The van der Waals surface area contributed by atoms with Crippen molar-refractivity contribution in [3.05, 3.63) is 24.3 Å². The number of ether oxygens (including phenoxy) is 1. The minimum atomic E-state index is -0.169. The molecule has 104 valence electrons. The molecule has 1 unspecified atom stereocenters. The van der Waals surface area contributed by atoms with Crippen molar-refractivity contribution < 1.29 is 14.3 Å². The van der Waals surface area contributed by atoms with E-state index >= 15 is 0 Å². The van der Waals surface area contributed by atoms with Crippen LogP contribution in [0.15, 0.2) is 29.2 Å². The number of rotatable bonds is 6. The molecule has 0 aliphatic carbocycles. The van der Waals surface area contributed by atoms with Crippen LogP contribution in [0.3, 0.4) is 0 Å². The van der Waals surface area contributed by atoms with Crippen molar-refractivity contribution >= 4 is 29.3 Å². The van der Waals surface area contributed by atoms with E-state index in [0.29, 0.717) is 13.0 Å². The summed E-state index contributed by atoms with van der Waals surface area (Å²) in [7, 11) is 0. The number of amides is 1. The molecular weight excluding hydrogens is 262 g/mol. The van der Waals surface area contributed by atoms with Crippen molar-refractivity contribution in [3.63, 3.8) is 0 Å². The Hall–Kier alpha value is -1.49. The van der Waals surface area contributed by atoms with Crippen LogP contribution in [0, 0.1) is 0 Å². The van der Waals surface area contributed by atoms with Gasteiger partial charge in [0.05, 0.1) is 13.0 Å². The quantitative estimate of drug-likeness (QED) is 0.643. The molecule has 1 N–H and O–H groups in total. The fourth-order valence-corrected chi connectivity index (χ4v) is 2.53. The fraction of sp³-hybridized carbons (Fsp3) is 0.429. The Balaban J connectivity index is 2.48.